The van der Waals surface area contributed by atoms with Gasteiger partial charge in [0.15, 0.2) is 0 Å². The quantitative estimate of drug-likeness (QED) is 0.236. The number of aromatic nitrogens is 5. The summed E-state index contributed by atoms with van der Waals surface area (Å²) < 4.78 is 19.2. The number of pyridine rings is 1. The molecule has 9 rings (SSSR count). The lowest BCUT2D eigenvalue weighted by Gasteiger charge is -2.34. The van der Waals surface area contributed by atoms with Gasteiger partial charge in [0.05, 0.1) is 34.6 Å². The number of aryl methyl sites for hydroxylation is 1. The van der Waals surface area contributed by atoms with Crippen molar-refractivity contribution in [2.45, 2.75) is 63.3 Å². The van der Waals surface area contributed by atoms with Crippen LogP contribution in [0.25, 0.3) is 48.0 Å². The third-order valence-electron chi connectivity index (χ3n) is 10.0. The van der Waals surface area contributed by atoms with E-state index in [9.17, 15) is 4.39 Å². The van der Waals surface area contributed by atoms with E-state index < -0.39 is 6.17 Å². The maximum atomic E-state index is 12.6. The number of alkyl halides is 1. The van der Waals surface area contributed by atoms with Gasteiger partial charge in [0.1, 0.15) is 16.8 Å². The standard InChI is InChI=1S/C28H25N7OS.C7H12FN/c1-5-14(2)21-15(3)10-20-19(11-30-34-20)22(21)24-25-18(8-9-29-24)23-26(32-28(36-4)33-27(23)37-25)35-12-16-6-7-17(13-35)31-16;8-6-4-7-2-1-3-9(7)5-6/h1,8-11,16-17,31H,2,6-7,12-13H2,3-4H3,(H,30,34);6-7H,1-5H2. The molecule has 1 aromatic carbocycles. The molecule has 4 aliphatic heterocycles. The van der Waals surface area contributed by atoms with Gasteiger partial charge >= 0.3 is 6.01 Å². The van der Waals surface area contributed by atoms with Gasteiger partial charge in [0, 0.05) is 71.4 Å². The monoisotopic (exact) mass is 636 g/mol. The number of nitrogens with one attached hydrogen (secondary N) is 2. The van der Waals surface area contributed by atoms with E-state index in [4.69, 9.17) is 26.1 Å². The maximum Gasteiger partial charge on any atom is 0.319 e. The van der Waals surface area contributed by atoms with E-state index in [1.54, 1.807) is 18.4 Å². The molecule has 0 amide bonds. The molecule has 5 aromatic rings. The normalized spacial score (nSPS) is 23.9. The van der Waals surface area contributed by atoms with Crippen molar-refractivity contribution in [1.29, 1.82) is 0 Å². The molecule has 4 atom stereocenters. The zero-order chi connectivity index (χ0) is 31.5. The Bertz CT molecular complexity index is 2010. The summed E-state index contributed by atoms with van der Waals surface area (Å²) in [6.07, 6.45) is 14.7. The molecule has 4 aliphatic rings. The second kappa shape index (κ2) is 11.6. The Kier molecular flexibility index (Phi) is 7.39. The molecule has 4 aromatic heterocycles. The van der Waals surface area contributed by atoms with E-state index in [1.165, 1.54) is 25.7 Å². The Labute approximate surface area is 271 Å². The molecule has 0 spiro atoms. The van der Waals surface area contributed by atoms with E-state index in [0.717, 1.165) is 85.5 Å². The number of methoxy groups -OCH3 is 1. The van der Waals surface area contributed by atoms with Crippen molar-refractivity contribution in [2.75, 3.05) is 38.2 Å². The summed E-state index contributed by atoms with van der Waals surface area (Å²) in [6, 6.07) is 6.07. The number of fused-ring (bicyclic) bond motifs is 7. The predicted octanol–water partition coefficient (Wildman–Crippen LogP) is 5.88. The SMILES string of the molecule is C#CC(=C)c1c(C)cc2[nH]ncc2c1-c1nccc2c1sc1nc(OC)nc(N3CC4CCC(C3)N4)c12.FC1CC2CCCN2C1. The van der Waals surface area contributed by atoms with Crippen LogP contribution >= 0.6 is 11.3 Å². The zero-order valence-corrected chi connectivity index (χ0v) is 27.0. The molecule has 11 heteroatoms. The number of terminal acetylenes is 1. The molecule has 46 heavy (non-hydrogen) atoms. The molecule has 8 heterocycles. The van der Waals surface area contributed by atoms with E-state index >= 15 is 0 Å². The van der Waals surface area contributed by atoms with Gasteiger partial charge in [-0.25, -0.2) is 4.39 Å². The van der Waals surface area contributed by atoms with Crippen molar-refractivity contribution < 1.29 is 9.13 Å². The van der Waals surface area contributed by atoms with Crippen LogP contribution in [0, 0.1) is 19.3 Å². The number of H-pyrrole nitrogens is 1. The average Bonchev–Trinajstić information content (AvgIpc) is 3.89. The lowest BCUT2D eigenvalue weighted by molar-refractivity contribution is 0.292. The third kappa shape index (κ3) is 4.91. The van der Waals surface area contributed by atoms with Gasteiger partial charge in [0.2, 0.25) is 0 Å². The van der Waals surface area contributed by atoms with Gasteiger partial charge in [-0.15, -0.1) is 17.8 Å². The topological polar surface area (TPSA) is 95.1 Å². The minimum absolute atomic E-state index is 0.378. The van der Waals surface area contributed by atoms with Gasteiger partial charge in [-0.2, -0.15) is 15.1 Å². The number of hydrogen-bond acceptors (Lipinski definition) is 9. The predicted molar refractivity (Wildman–Crippen MR) is 183 cm³/mol. The smallest absolute Gasteiger partial charge is 0.319 e. The summed E-state index contributed by atoms with van der Waals surface area (Å²) in [6.45, 7) is 9.91. The number of halogens is 1. The third-order valence-corrected chi connectivity index (χ3v) is 11.1. The number of allylic oxidation sites excluding steroid dienone is 1. The molecule has 2 bridgehead atoms. The van der Waals surface area contributed by atoms with E-state index in [2.05, 4.69) is 49.9 Å². The first-order chi connectivity index (χ1) is 22.4. The number of rotatable bonds is 4. The fraction of sp³-hybridized carbons (Fsp3) is 0.429. The Balaban J connectivity index is 0.000000297. The summed E-state index contributed by atoms with van der Waals surface area (Å²) in [5.41, 5.74) is 5.26. The van der Waals surface area contributed by atoms with Crippen LogP contribution in [-0.2, 0) is 0 Å². The number of anilines is 1. The maximum absolute atomic E-state index is 12.6. The molecule has 236 valence electrons. The fourth-order valence-corrected chi connectivity index (χ4v) is 9.14. The molecule has 2 N–H and O–H groups in total. The van der Waals surface area contributed by atoms with Gasteiger partial charge in [-0.3, -0.25) is 15.0 Å². The number of nitrogens with zero attached hydrogens (tertiary/aromatic N) is 6. The van der Waals surface area contributed by atoms with Crippen LogP contribution in [0.15, 0.2) is 31.1 Å². The molecule has 0 saturated carbocycles. The van der Waals surface area contributed by atoms with Crippen molar-refractivity contribution >= 4 is 53.9 Å². The average molecular weight is 637 g/mol. The first-order valence-electron chi connectivity index (χ1n) is 16.1. The highest BCUT2D eigenvalue weighted by Crippen LogP contribution is 2.46. The van der Waals surface area contributed by atoms with Crippen LogP contribution in [0.3, 0.4) is 0 Å². The van der Waals surface area contributed by atoms with Crippen LogP contribution in [0.5, 0.6) is 6.01 Å². The van der Waals surface area contributed by atoms with E-state index in [0.29, 0.717) is 36.3 Å². The van der Waals surface area contributed by atoms with Crippen molar-refractivity contribution in [3.8, 4) is 29.6 Å². The van der Waals surface area contributed by atoms with Crippen LogP contribution in [0.1, 0.15) is 43.2 Å². The Morgan fingerprint density at radius 1 is 1.17 bits per heavy atom. The molecule has 4 fully saturated rings. The number of hydrogen-bond donors (Lipinski definition) is 2. The molecule has 4 unspecified atom stereocenters. The number of aromatic amines is 1. The van der Waals surface area contributed by atoms with Gasteiger partial charge in [-0.1, -0.05) is 12.5 Å². The minimum atomic E-state index is -0.518. The summed E-state index contributed by atoms with van der Waals surface area (Å²) in [5, 5.41) is 14.2. The van der Waals surface area contributed by atoms with Crippen molar-refractivity contribution in [3.63, 3.8) is 0 Å². The van der Waals surface area contributed by atoms with Gasteiger partial charge in [-0.05, 0) is 63.3 Å². The second-order valence-electron chi connectivity index (χ2n) is 12.9. The van der Waals surface area contributed by atoms with Crippen molar-refractivity contribution in [3.05, 3.63) is 42.2 Å². The van der Waals surface area contributed by atoms with E-state index in [1.807, 2.05) is 19.3 Å². The highest BCUT2D eigenvalue weighted by atomic mass is 32.1. The lowest BCUT2D eigenvalue weighted by atomic mass is 9.91. The number of ether oxygens (including phenoxy) is 1. The lowest BCUT2D eigenvalue weighted by Crippen LogP contribution is -2.51. The number of thiophene rings is 1. The summed E-state index contributed by atoms with van der Waals surface area (Å²) in [7, 11) is 1.62. The molecule has 0 aliphatic carbocycles. The summed E-state index contributed by atoms with van der Waals surface area (Å²) in [4.78, 5) is 20.1. The molecule has 9 nitrogen and oxygen atoms in total. The Morgan fingerprint density at radius 2 is 2.00 bits per heavy atom. The molecular weight excluding hydrogens is 600 g/mol. The van der Waals surface area contributed by atoms with Gasteiger partial charge in [0.25, 0.3) is 0 Å². The summed E-state index contributed by atoms with van der Waals surface area (Å²) in [5.74, 6) is 3.67. The zero-order valence-electron chi connectivity index (χ0n) is 26.1. The Morgan fingerprint density at radius 3 is 2.76 bits per heavy atom. The Hall–Kier alpha value is -4.11. The largest absolute Gasteiger partial charge is 0.467 e. The minimum Gasteiger partial charge on any atom is -0.467 e. The highest BCUT2D eigenvalue weighted by Gasteiger charge is 2.36. The summed E-state index contributed by atoms with van der Waals surface area (Å²) >= 11 is 1.61. The first-order valence-corrected chi connectivity index (χ1v) is 16.9. The fourth-order valence-electron chi connectivity index (χ4n) is 7.99. The van der Waals surface area contributed by atoms with Crippen molar-refractivity contribution in [1.82, 2.24) is 35.4 Å². The van der Waals surface area contributed by atoms with Crippen LogP contribution < -0.4 is 15.0 Å². The number of piperazine rings is 1. The second-order valence-corrected chi connectivity index (χ2v) is 13.9. The highest BCUT2D eigenvalue weighted by molar-refractivity contribution is 7.26. The first kappa shape index (κ1) is 29.3. The number of benzene rings is 1. The molecule has 4 saturated heterocycles. The molecule has 0 radical (unpaired) electrons. The van der Waals surface area contributed by atoms with Gasteiger partial charge < -0.3 is 15.0 Å². The van der Waals surface area contributed by atoms with E-state index in [-0.39, 0.29) is 0 Å². The molecular formula is C35H37FN8OS. The van der Waals surface area contributed by atoms with Crippen molar-refractivity contribution in [2.24, 2.45) is 0 Å². The van der Waals surface area contributed by atoms with Crippen LogP contribution in [0.4, 0.5) is 10.2 Å². The van der Waals surface area contributed by atoms with Crippen LogP contribution in [-0.4, -0.2) is 87.6 Å². The van der Waals surface area contributed by atoms with Crippen LogP contribution in [0.2, 0.25) is 0 Å².